The number of aldehydes is 1. The average molecular weight is 210 g/mol. The molecular weight excluding hydrogens is 192 g/mol. The molecule has 1 atom stereocenters. The van der Waals surface area contributed by atoms with Crippen LogP contribution in [0.3, 0.4) is 0 Å². The van der Waals surface area contributed by atoms with Crippen molar-refractivity contribution in [2.45, 2.75) is 39.0 Å². The lowest BCUT2D eigenvalue weighted by Crippen LogP contribution is -2.21. The molecule has 2 saturated carbocycles. The maximum absolute atomic E-state index is 11.5. The first-order valence-electron chi connectivity index (χ1n) is 5.84. The molecule has 1 unspecified atom stereocenters. The highest BCUT2D eigenvalue weighted by atomic mass is 16.5. The number of hydrogen-bond donors (Lipinski definition) is 0. The van der Waals surface area contributed by atoms with E-state index < -0.39 is 0 Å². The van der Waals surface area contributed by atoms with E-state index in [0.29, 0.717) is 6.61 Å². The van der Waals surface area contributed by atoms with E-state index in [9.17, 15) is 9.59 Å². The van der Waals surface area contributed by atoms with E-state index in [2.05, 4.69) is 0 Å². The molecule has 3 heteroatoms. The minimum Gasteiger partial charge on any atom is -0.466 e. The average Bonchev–Trinajstić information content (AvgIpc) is 2.94. The lowest BCUT2D eigenvalue weighted by Gasteiger charge is -2.25. The van der Waals surface area contributed by atoms with Gasteiger partial charge in [-0.1, -0.05) is 0 Å². The Kier molecular flexibility index (Phi) is 2.81. The van der Waals surface area contributed by atoms with E-state index in [-0.39, 0.29) is 23.2 Å². The van der Waals surface area contributed by atoms with Crippen molar-refractivity contribution in [2.75, 3.05) is 6.61 Å². The van der Waals surface area contributed by atoms with Crippen molar-refractivity contribution < 1.29 is 14.3 Å². The van der Waals surface area contributed by atoms with Crippen LogP contribution in [0.25, 0.3) is 0 Å². The van der Waals surface area contributed by atoms with Gasteiger partial charge in [-0.2, -0.15) is 0 Å². The molecule has 3 nitrogen and oxygen atoms in total. The van der Waals surface area contributed by atoms with E-state index in [0.717, 1.165) is 38.4 Å². The molecule has 2 rings (SSSR count). The van der Waals surface area contributed by atoms with Crippen LogP contribution in [-0.4, -0.2) is 18.9 Å². The van der Waals surface area contributed by atoms with Crippen LogP contribution in [0.15, 0.2) is 0 Å². The van der Waals surface area contributed by atoms with Gasteiger partial charge in [0.1, 0.15) is 6.29 Å². The normalized spacial score (nSPS) is 38.7. The van der Waals surface area contributed by atoms with Gasteiger partial charge in [0.25, 0.3) is 0 Å². The molecule has 1 spiro atoms. The van der Waals surface area contributed by atoms with E-state index in [1.54, 1.807) is 0 Å². The highest BCUT2D eigenvalue weighted by Gasteiger charge is 2.59. The van der Waals surface area contributed by atoms with Gasteiger partial charge in [0.15, 0.2) is 0 Å². The maximum Gasteiger partial charge on any atom is 0.309 e. The van der Waals surface area contributed by atoms with Gasteiger partial charge in [0.05, 0.1) is 12.5 Å². The van der Waals surface area contributed by atoms with Gasteiger partial charge in [0, 0.05) is 5.92 Å². The summed E-state index contributed by atoms with van der Waals surface area (Å²) in [5.74, 6) is 0.339. The van der Waals surface area contributed by atoms with Gasteiger partial charge >= 0.3 is 5.97 Å². The molecule has 0 radical (unpaired) electrons. The minimum absolute atomic E-state index is 0.0259. The third-order valence-corrected chi connectivity index (χ3v) is 3.98. The molecule has 0 saturated heterocycles. The Hall–Kier alpha value is -0.860. The summed E-state index contributed by atoms with van der Waals surface area (Å²) in [6, 6.07) is 0. The Morgan fingerprint density at radius 1 is 1.47 bits per heavy atom. The van der Waals surface area contributed by atoms with Crippen LogP contribution in [0.4, 0.5) is 0 Å². The lowest BCUT2D eigenvalue weighted by molar-refractivity contribution is -0.145. The van der Waals surface area contributed by atoms with Crippen molar-refractivity contribution in [3.05, 3.63) is 0 Å². The third-order valence-electron chi connectivity index (χ3n) is 3.98. The van der Waals surface area contributed by atoms with Gasteiger partial charge in [-0.25, -0.2) is 0 Å². The van der Waals surface area contributed by atoms with Gasteiger partial charge in [0.2, 0.25) is 0 Å². The number of ether oxygens (including phenoxy) is 1. The maximum atomic E-state index is 11.5. The van der Waals surface area contributed by atoms with Crippen LogP contribution in [0.2, 0.25) is 0 Å². The molecular formula is C12H18O3. The fourth-order valence-electron chi connectivity index (χ4n) is 2.83. The summed E-state index contributed by atoms with van der Waals surface area (Å²) in [4.78, 5) is 22.2. The number of rotatable bonds is 3. The van der Waals surface area contributed by atoms with Gasteiger partial charge in [-0.15, -0.1) is 0 Å². The first kappa shape index (κ1) is 10.7. The van der Waals surface area contributed by atoms with Crippen molar-refractivity contribution in [1.82, 2.24) is 0 Å². The van der Waals surface area contributed by atoms with Crippen molar-refractivity contribution in [3.8, 4) is 0 Å². The predicted octanol–water partition coefficient (Wildman–Crippen LogP) is 1.94. The predicted molar refractivity (Wildman–Crippen MR) is 55.2 cm³/mol. The van der Waals surface area contributed by atoms with Crippen LogP contribution in [0.1, 0.15) is 39.0 Å². The molecule has 0 aromatic rings. The topological polar surface area (TPSA) is 43.4 Å². The van der Waals surface area contributed by atoms with Crippen LogP contribution in [-0.2, 0) is 14.3 Å². The Labute approximate surface area is 90.2 Å². The number of carbonyl (C=O) groups excluding carboxylic acids is 2. The Bertz CT molecular complexity index is 264. The van der Waals surface area contributed by atoms with Crippen molar-refractivity contribution in [3.63, 3.8) is 0 Å². The molecule has 2 fully saturated rings. The summed E-state index contributed by atoms with van der Waals surface area (Å²) in [5.41, 5.74) is 0.214. The highest BCUT2D eigenvalue weighted by molar-refractivity contribution is 5.77. The standard InChI is InChI=1S/C12H18O3/c1-2-15-11(14)10-7-12(10)5-3-9(8-13)4-6-12/h8-10H,2-7H2,1H3. The minimum atomic E-state index is -0.0259. The number of carbonyl (C=O) groups is 2. The molecule has 2 aliphatic rings. The second-order valence-corrected chi connectivity index (χ2v) is 4.84. The van der Waals surface area contributed by atoms with Gasteiger partial charge in [-0.05, 0) is 44.4 Å². The van der Waals surface area contributed by atoms with Gasteiger partial charge in [-0.3, -0.25) is 4.79 Å². The van der Waals surface area contributed by atoms with Crippen molar-refractivity contribution in [2.24, 2.45) is 17.3 Å². The molecule has 0 heterocycles. The van der Waals surface area contributed by atoms with E-state index in [4.69, 9.17) is 4.74 Å². The zero-order valence-electron chi connectivity index (χ0n) is 9.20. The zero-order chi connectivity index (χ0) is 10.9. The van der Waals surface area contributed by atoms with Crippen LogP contribution in [0, 0.1) is 17.3 Å². The van der Waals surface area contributed by atoms with Gasteiger partial charge < -0.3 is 9.53 Å². The summed E-state index contributed by atoms with van der Waals surface area (Å²) >= 11 is 0. The molecule has 0 aliphatic heterocycles. The van der Waals surface area contributed by atoms with Crippen LogP contribution in [0.5, 0.6) is 0 Å². The largest absolute Gasteiger partial charge is 0.466 e. The van der Waals surface area contributed by atoms with E-state index in [1.807, 2.05) is 6.92 Å². The van der Waals surface area contributed by atoms with E-state index in [1.165, 1.54) is 0 Å². The summed E-state index contributed by atoms with van der Waals surface area (Å²) in [6.07, 6.45) is 6.02. The third kappa shape index (κ3) is 1.92. The zero-order valence-corrected chi connectivity index (χ0v) is 9.20. The molecule has 15 heavy (non-hydrogen) atoms. The van der Waals surface area contributed by atoms with Crippen molar-refractivity contribution in [1.29, 1.82) is 0 Å². The van der Waals surface area contributed by atoms with Crippen LogP contribution >= 0.6 is 0 Å². The molecule has 0 N–H and O–H groups in total. The Morgan fingerprint density at radius 2 is 2.13 bits per heavy atom. The quantitative estimate of drug-likeness (QED) is 0.528. The fraction of sp³-hybridized carbons (Fsp3) is 0.833. The second kappa shape index (κ2) is 3.95. The van der Waals surface area contributed by atoms with Crippen LogP contribution < -0.4 is 0 Å². The molecule has 2 aliphatic carbocycles. The van der Waals surface area contributed by atoms with Crippen molar-refractivity contribution >= 4 is 12.3 Å². The molecule has 0 bridgehead atoms. The number of esters is 1. The van der Waals surface area contributed by atoms with E-state index >= 15 is 0 Å². The molecule has 0 aromatic carbocycles. The summed E-state index contributed by atoms with van der Waals surface area (Å²) < 4.78 is 5.04. The molecule has 84 valence electrons. The smallest absolute Gasteiger partial charge is 0.309 e. The Morgan fingerprint density at radius 3 is 2.67 bits per heavy atom. The summed E-state index contributed by atoms with van der Waals surface area (Å²) in [7, 11) is 0. The monoisotopic (exact) mass is 210 g/mol. The summed E-state index contributed by atoms with van der Waals surface area (Å²) in [6.45, 7) is 2.32. The number of hydrogen-bond acceptors (Lipinski definition) is 3. The lowest BCUT2D eigenvalue weighted by atomic mass is 9.79. The highest BCUT2D eigenvalue weighted by Crippen LogP contribution is 2.62. The first-order chi connectivity index (χ1) is 7.22. The SMILES string of the molecule is CCOC(=O)C1CC12CCC(C=O)CC2. The molecule has 0 amide bonds. The first-order valence-corrected chi connectivity index (χ1v) is 5.84. The summed E-state index contributed by atoms with van der Waals surface area (Å²) in [5, 5.41) is 0. The Balaban J connectivity index is 1.86. The fourth-order valence-corrected chi connectivity index (χ4v) is 2.83. The second-order valence-electron chi connectivity index (χ2n) is 4.84. The molecule has 0 aromatic heterocycles.